The molecule has 33 heavy (non-hydrogen) atoms. The normalized spacial score (nSPS) is 31.3. The summed E-state index contributed by atoms with van der Waals surface area (Å²) in [5.74, 6) is 1.71. The first-order valence-electron chi connectivity index (χ1n) is 12.2. The van der Waals surface area contributed by atoms with Crippen LogP contribution >= 0.6 is 0 Å². The summed E-state index contributed by atoms with van der Waals surface area (Å²) in [4.78, 5) is 17.3. The van der Waals surface area contributed by atoms with Gasteiger partial charge in [0.1, 0.15) is 11.4 Å². The molecule has 0 spiro atoms. The minimum Gasteiger partial charge on any atom is -0.369 e. The molecule has 0 aromatic heterocycles. The summed E-state index contributed by atoms with van der Waals surface area (Å²) < 4.78 is 6.29. The summed E-state index contributed by atoms with van der Waals surface area (Å²) in [6.45, 7) is 11.0. The van der Waals surface area contributed by atoms with Crippen LogP contribution in [-0.4, -0.2) is 23.4 Å². The van der Waals surface area contributed by atoms with Gasteiger partial charge in [-0.3, -0.25) is 15.1 Å². The van der Waals surface area contributed by atoms with E-state index in [0.717, 1.165) is 37.7 Å². The van der Waals surface area contributed by atoms with Crippen molar-refractivity contribution in [1.82, 2.24) is 5.32 Å². The van der Waals surface area contributed by atoms with E-state index in [9.17, 15) is 10.1 Å². The Morgan fingerprint density at radius 2 is 1.76 bits per heavy atom. The average molecular weight is 451 g/mol. The lowest BCUT2D eigenvalue weighted by Gasteiger charge is -2.57. The van der Waals surface area contributed by atoms with Crippen LogP contribution in [0.3, 0.4) is 0 Å². The van der Waals surface area contributed by atoms with Gasteiger partial charge in [0.05, 0.1) is 12.6 Å². The molecule has 6 heteroatoms. The van der Waals surface area contributed by atoms with Gasteiger partial charge in [0.25, 0.3) is 0 Å². The Kier molecular flexibility index (Phi) is 6.07. The van der Waals surface area contributed by atoms with Crippen molar-refractivity contribution in [2.75, 3.05) is 0 Å². The zero-order chi connectivity index (χ0) is 24.0. The van der Waals surface area contributed by atoms with Crippen molar-refractivity contribution < 1.29 is 9.53 Å². The Morgan fingerprint density at radius 3 is 2.27 bits per heavy atom. The van der Waals surface area contributed by atoms with Crippen molar-refractivity contribution in [2.45, 2.75) is 90.4 Å². The average Bonchev–Trinajstić information content (AvgIpc) is 2.73. The molecule has 6 nitrogen and oxygen atoms in total. The van der Waals surface area contributed by atoms with Crippen LogP contribution in [0.2, 0.25) is 0 Å². The lowest BCUT2D eigenvalue weighted by Crippen LogP contribution is -2.58. The number of carbonyl (C=O) groups excluding carboxylic acids is 1. The number of nitrogens with two attached hydrogens (primary N) is 1. The first-order chi connectivity index (χ1) is 15.4. The van der Waals surface area contributed by atoms with E-state index in [1.54, 1.807) is 0 Å². The van der Waals surface area contributed by atoms with Crippen molar-refractivity contribution >= 4 is 11.7 Å². The molecular weight excluding hydrogens is 412 g/mol. The van der Waals surface area contributed by atoms with Gasteiger partial charge >= 0.3 is 0 Å². The molecule has 1 aromatic carbocycles. The highest BCUT2D eigenvalue weighted by molar-refractivity contribution is 5.91. The van der Waals surface area contributed by atoms with Crippen LogP contribution in [0.1, 0.15) is 77.8 Å². The van der Waals surface area contributed by atoms with Crippen LogP contribution in [0, 0.1) is 34.6 Å². The zero-order valence-corrected chi connectivity index (χ0v) is 20.6. The fourth-order valence-corrected chi connectivity index (χ4v) is 6.48. The van der Waals surface area contributed by atoms with E-state index in [1.165, 1.54) is 5.56 Å². The van der Waals surface area contributed by atoms with E-state index in [2.05, 4.69) is 56.5 Å². The minimum absolute atomic E-state index is 0.110. The number of aliphatic imine (C=N–C) groups is 1. The van der Waals surface area contributed by atoms with E-state index in [4.69, 9.17) is 15.5 Å². The number of ether oxygens (including phenoxy) is 1. The molecule has 3 N–H and O–H groups in total. The molecule has 2 unspecified atom stereocenters. The monoisotopic (exact) mass is 450 g/mol. The summed E-state index contributed by atoms with van der Waals surface area (Å²) in [7, 11) is 0. The lowest BCUT2D eigenvalue weighted by molar-refractivity contribution is -0.144. The second kappa shape index (κ2) is 8.43. The quantitative estimate of drug-likeness (QED) is 0.290. The number of amides is 1. The maximum absolute atomic E-state index is 12.3. The third-order valence-electron chi connectivity index (χ3n) is 8.19. The highest BCUT2D eigenvalue weighted by Crippen LogP contribution is 2.60. The van der Waals surface area contributed by atoms with E-state index >= 15 is 0 Å². The molecule has 178 valence electrons. The number of carbonyl (C=O) groups is 1. The van der Waals surface area contributed by atoms with Gasteiger partial charge in [0, 0.05) is 5.41 Å². The molecule has 4 saturated carbocycles. The third kappa shape index (κ3) is 4.66. The van der Waals surface area contributed by atoms with Crippen LogP contribution in [0.15, 0.2) is 29.3 Å². The molecule has 4 bridgehead atoms. The molecule has 5 rings (SSSR count). The van der Waals surface area contributed by atoms with Crippen LogP contribution in [0.5, 0.6) is 0 Å². The molecule has 1 aromatic rings. The number of hydrogen-bond donors (Lipinski definition) is 2. The fraction of sp³-hybridized carbons (Fsp3) is 0.667. The number of primary amides is 1. The van der Waals surface area contributed by atoms with Crippen LogP contribution in [-0.2, 0) is 21.6 Å². The summed E-state index contributed by atoms with van der Waals surface area (Å²) in [6.07, 6.45) is 6.85. The largest absolute Gasteiger partial charge is 0.369 e. The maximum atomic E-state index is 12.3. The van der Waals surface area contributed by atoms with Gasteiger partial charge in [-0.05, 0) is 80.2 Å². The van der Waals surface area contributed by atoms with E-state index in [-0.39, 0.29) is 22.8 Å². The van der Waals surface area contributed by atoms with Crippen LogP contribution < -0.4 is 11.1 Å². The smallest absolute Gasteiger partial charge is 0.223 e. The van der Waals surface area contributed by atoms with Crippen molar-refractivity contribution in [2.24, 2.45) is 33.9 Å². The second-order valence-corrected chi connectivity index (χ2v) is 12.1. The van der Waals surface area contributed by atoms with Gasteiger partial charge in [0.2, 0.25) is 5.91 Å². The highest BCUT2D eigenvalue weighted by atomic mass is 16.5. The van der Waals surface area contributed by atoms with Gasteiger partial charge in [-0.1, -0.05) is 45.0 Å². The van der Waals surface area contributed by atoms with Gasteiger partial charge in [0.15, 0.2) is 6.19 Å². The summed E-state index contributed by atoms with van der Waals surface area (Å²) >= 11 is 0. The molecule has 0 heterocycles. The predicted molar refractivity (Wildman–Crippen MR) is 129 cm³/mol. The van der Waals surface area contributed by atoms with E-state index in [0.29, 0.717) is 30.2 Å². The van der Waals surface area contributed by atoms with Gasteiger partial charge in [-0.15, -0.1) is 0 Å². The molecule has 2 atom stereocenters. The number of amidine groups is 1. The fourth-order valence-electron chi connectivity index (χ4n) is 6.48. The molecular formula is C27H38N4O2. The summed E-state index contributed by atoms with van der Waals surface area (Å²) in [5, 5.41) is 12.2. The van der Waals surface area contributed by atoms with Gasteiger partial charge in [-0.25, -0.2) is 0 Å². The maximum Gasteiger partial charge on any atom is 0.223 e. The Morgan fingerprint density at radius 1 is 1.15 bits per heavy atom. The molecule has 4 aliphatic carbocycles. The number of nitrogens with one attached hydrogen (secondary N) is 1. The minimum atomic E-state index is -0.742. The van der Waals surface area contributed by atoms with Crippen LogP contribution in [0.25, 0.3) is 0 Å². The molecule has 1 amide bonds. The molecule has 4 aliphatic rings. The van der Waals surface area contributed by atoms with Crippen molar-refractivity contribution in [3.8, 4) is 6.19 Å². The molecule has 0 saturated heterocycles. The number of benzene rings is 1. The van der Waals surface area contributed by atoms with Crippen LogP contribution in [0.4, 0.5) is 0 Å². The topological polar surface area (TPSA) is 100 Å². The first-order valence-corrected chi connectivity index (χ1v) is 12.2. The number of nitriles is 1. The standard InChI is InChI=1S/C27H38N4O2/c1-25(2,3)21-8-6-17(7-9-21)15-33-26(4,5)24(30-16-28)31-22-19-10-18-11-20(22)14-27(12-18,13-19)23(29)32/h6-9,18-20,22H,10-15H2,1-5H3,(H2,29,32)(H,30,31). The first kappa shape index (κ1) is 23.8. The summed E-state index contributed by atoms with van der Waals surface area (Å²) in [6, 6.07) is 8.62. The van der Waals surface area contributed by atoms with Crippen molar-refractivity contribution in [3.63, 3.8) is 0 Å². The van der Waals surface area contributed by atoms with Gasteiger partial charge in [-0.2, -0.15) is 5.26 Å². The number of nitrogens with zero attached hydrogens (tertiary/aromatic N) is 2. The zero-order valence-electron chi connectivity index (χ0n) is 20.6. The lowest BCUT2D eigenvalue weighted by atomic mass is 9.48. The molecule has 0 radical (unpaired) electrons. The highest BCUT2D eigenvalue weighted by Gasteiger charge is 2.58. The van der Waals surface area contributed by atoms with E-state index < -0.39 is 5.60 Å². The predicted octanol–water partition coefficient (Wildman–Crippen LogP) is 4.43. The van der Waals surface area contributed by atoms with Crippen molar-refractivity contribution in [3.05, 3.63) is 35.4 Å². The second-order valence-electron chi connectivity index (χ2n) is 12.1. The molecule has 0 aliphatic heterocycles. The molecule has 4 fully saturated rings. The number of hydrogen-bond acceptors (Lipinski definition) is 4. The summed E-state index contributed by atoms with van der Waals surface area (Å²) in [5.41, 5.74) is 7.24. The number of rotatable bonds is 6. The third-order valence-corrected chi connectivity index (χ3v) is 8.19. The van der Waals surface area contributed by atoms with E-state index in [1.807, 2.05) is 13.8 Å². The van der Waals surface area contributed by atoms with Gasteiger partial charge < -0.3 is 10.5 Å². The Bertz CT molecular complexity index is 951. The Balaban J connectivity index is 1.49. The van der Waals surface area contributed by atoms with Crippen molar-refractivity contribution in [1.29, 1.82) is 5.26 Å². The Labute approximate surface area is 198 Å². The Hall–Kier alpha value is -2.39. The SMILES string of the molecule is CC(C)(OCc1ccc(C(C)(C)C)cc1)C(=NC1C2CC3CC1CC(C(N)=O)(C3)C2)NC#N.